The Balaban J connectivity index is 5.22. The van der Waals surface area contributed by atoms with E-state index in [1.165, 1.54) is 0 Å². The summed E-state index contributed by atoms with van der Waals surface area (Å²) in [6, 6.07) is 0. The van der Waals surface area contributed by atoms with Crippen molar-refractivity contribution >= 4 is 5.97 Å². The summed E-state index contributed by atoms with van der Waals surface area (Å²) in [5.41, 5.74) is -1.49. The molecule has 0 saturated carbocycles. The molecule has 2 nitrogen and oxygen atoms in total. The lowest BCUT2D eigenvalue weighted by molar-refractivity contribution is -0.301. The van der Waals surface area contributed by atoms with Crippen LogP contribution in [0.2, 0.25) is 0 Å². The van der Waals surface area contributed by atoms with E-state index in [0.29, 0.717) is 0 Å². The molecule has 0 aromatic heterocycles. The average molecular weight is 266 g/mol. The molecular formula is C9H12F6O2. The third-order valence-electron chi connectivity index (χ3n) is 1.60. The maximum atomic E-state index is 12.9. The first-order chi connectivity index (χ1) is 7.13. The van der Waals surface area contributed by atoms with E-state index in [2.05, 4.69) is 4.74 Å². The van der Waals surface area contributed by atoms with Gasteiger partial charge >= 0.3 is 23.7 Å². The Kier molecular flexibility index (Phi) is 3.83. The van der Waals surface area contributed by atoms with Gasteiger partial charge in [0.15, 0.2) is 0 Å². The van der Waals surface area contributed by atoms with Crippen molar-refractivity contribution in [2.24, 2.45) is 0 Å². The van der Waals surface area contributed by atoms with Gasteiger partial charge in [-0.05, 0) is 20.8 Å². The van der Waals surface area contributed by atoms with Crippen LogP contribution in [0.4, 0.5) is 26.3 Å². The van der Waals surface area contributed by atoms with E-state index in [0.717, 1.165) is 20.8 Å². The highest BCUT2D eigenvalue weighted by atomic mass is 19.3. The van der Waals surface area contributed by atoms with E-state index in [1.807, 2.05) is 0 Å². The summed E-state index contributed by atoms with van der Waals surface area (Å²) in [6.07, 6.45) is 0. The number of halogens is 6. The number of hydrogen-bond acceptors (Lipinski definition) is 2. The van der Waals surface area contributed by atoms with Crippen LogP contribution in [0.25, 0.3) is 0 Å². The van der Waals surface area contributed by atoms with Gasteiger partial charge < -0.3 is 4.74 Å². The molecule has 0 radical (unpaired) electrons. The van der Waals surface area contributed by atoms with Crippen molar-refractivity contribution in [2.75, 3.05) is 0 Å². The molecule has 0 aromatic rings. The van der Waals surface area contributed by atoms with Crippen molar-refractivity contribution in [3.8, 4) is 0 Å². The number of ether oxygens (including phenoxy) is 1. The van der Waals surface area contributed by atoms with Gasteiger partial charge in [-0.1, -0.05) is 0 Å². The second-order valence-electron chi connectivity index (χ2n) is 4.54. The summed E-state index contributed by atoms with van der Waals surface area (Å²) < 4.78 is 80.0. The molecule has 0 unspecified atom stereocenters. The summed E-state index contributed by atoms with van der Waals surface area (Å²) in [5.74, 6) is -19.1. The van der Waals surface area contributed by atoms with Crippen LogP contribution in [0.15, 0.2) is 0 Å². The Bertz CT molecular complexity index is 300. The normalized spacial score (nSPS) is 14.7. The van der Waals surface area contributed by atoms with Crippen molar-refractivity contribution in [3.05, 3.63) is 0 Å². The first kappa shape index (κ1) is 16.1. The van der Waals surface area contributed by atoms with Gasteiger partial charge in [0.25, 0.3) is 0 Å². The fourth-order valence-electron chi connectivity index (χ4n) is 0.746. The smallest absolute Gasteiger partial charge is 0.410 e. The van der Waals surface area contributed by atoms with E-state index < -0.39 is 36.3 Å². The van der Waals surface area contributed by atoms with Crippen LogP contribution in [0, 0.1) is 0 Å². The second kappa shape index (κ2) is 4.06. The summed E-state index contributed by atoms with van der Waals surface area (Å²) in [5, 5.41) is 0. The van der Waals surface area contributed by atoms with Crippen LogP contribution in [0.1, 0.15) is 27.7 Å². The molecule has 0 rings (SSSR count). The maximum Gasteiger partial charge on any atom is 0.410 e. The summed E-state index contributed by atoms with van der Waals surface area (Å²) in [7, 11) is 0. The van der Waals surface area contributed by atoms with Crippen molar-refractivity contribution in [2.45, 2.75) is 51.1 Å². The SMILES string of the molecule is CC(C)(C)OC(=O)C(F)(F)C(F)(F)C(C)(F)F. The minimum atomic E-state index is -5.82. The third-order valence-corrected chi connectivity index (χ3v) is 1.60. The molecule has 17 heavy (non-hydrogen) atoms. The monoisotopic (exact) mass is 266 g/mol. The molecule has 0 aliphatic heterocycles. The highest BCUT2D eigenvalue weighted by Crippen LogP contribution is 2.46. The zero-order valence-electron chi connectivity index (χ0n) is 9.58. The Morgan fingerprint density at radius 1 is 0.882 bits per heavy atom. The van der Waals surface area contributed by atoms with Crippen molar-refractivity contribution in [3.63, 3.8) is 0 Å². The predicted molar refractivity (Wildman–Crippen MR) is 46.4 cm³/mol. The number of rotatable bonds is 3. The van der Waals surface area contributed by atoms with E-state index in [1.54, 1.807) is 0 Å². The topological polar surface area (TPSA) is 26.3 Å². The van der Waals surface area contributed by atoms with Gasteiger partial charge in [0.2, 0.25) is 0 Å². The molecule has 0 amide bonds. The zero-order valence-corrected chi connectivity index (χ0v) is 9.58. The zero-order chi connectivity index (χ0) is 14.3. The molecule has 102 valence electrons. The first-order valence-corrected chi connectivity index (χ1v) is 4.50. The fourth-order valence-corrected chi connectivity index (χ4v) is 0.746. The van der Waals surface area contributed by atoms with Crippen molar-refractivity contribution in [1.82, 2.24) is 0 Å². The van der Waals surface area contributed by atoms with Gasteiger partial charge in [0, 0.05) is 6.92 Å². The molecule has 0 atom stereocenters. The second-order valence-corrected chi connectivity index (χ2v) is 4.54. The molecule has 8 heteroatoms. The lowest BCUT2D eigenvalue weighted by atomic mass is 10.1. The fraction of sp³-hybridized carbons (Fsp3) is 0.889. The van der Waals surface area contributed by atoms with Gasteiger partial charge in [0.05, 0.1) is 0 Å². The molecule has 0 aromatic carbocycles. The van der Waals surface area contributed by atoms with E-state index in [9.17, 15) is 31.1 Å². The van der Waals surface area contributed by atoms with E-state index >= 15 is 0 Å². The van der Waals surface area contributed by atoms with E-state index in [-0.39, 0.29) is 0 Å². The van der Waals surface area contributed by atoms with Crippen LogP contribution in [-0.2, 0) is 9.53 Å². The minimum absolute atomic E-state index is 0.398. The summed E-state index contributed by atoms with van der Waals surface area (Å²) >= 11 is 0. The predicted octanol–water partition coefficient (Wildman–Crippen LogP) is 3.25. The lowest BCUT2D eigenvalue weighted by Gasteiger charge is -2.31. The number of hydrogen-bond donors (Lipinski definition) is 0. The third kappa shape index (κ3) is 3.26. The molecular weight excluding hydrogens is 254 g/mol. The number of carbonyl (C=O) groups excluding carboxylic acids is 1. The van der Waals surface area contributed by atoms with Gasteiger partial charge in [-0.2, -0.15) is 26.3 Å². The molecule has 0 saturated heterocycles. The van der Waals surface area contributed by atoms with Gasteiger partial charge in [0.1, 0.15) is 5.60 Å². The van der Waals surface area contributed by atoms with E-state index in [4.69, 9.17) is 0 Å². The largest absolute Gasteiger partial charge is 0.455 e. The average Bonchev–Trinajstić information content (AvgIpc) is 1.97. The quantitative estimate of drug-likeness (QED) is 0.579. The Morgan fingerprint density at radius 3 is 1.47 bits per heavy atom. The van der Waals surface area contributed by atoms with Gasteiger partial charge in [-0.15, -0.1) is 0 Å². The van der Waals surface area contributed by atoms with Gasteiger partial charge in [-0.25, -0.2) is 4.79 Å². The highest BCUT2D eigenvalue weighted by molar-refractivity contribution is 5.79. The molecule has 0 bridgehead atoms. The Hall–Kier alpha value is -0.950. The van der Waals surface area contributed by atoms with Gasteiger partial charge in [-0.3, -0.25) is 0 Å². The molecule has 0 aliphatic carbocycles. The lowest BCUT2D eigenvalue weighted by Crippen LogP contribution is -2.58. The maximum absolute atomic E-state index is 12.9. The van der Waals surface area contributed by atoms with Crippen LogP contribution in [0.3, 0.4) is 0 Å². The van der Waals surface area contributed by atoms with Crippen LogP contribution < -0.4 is 0 Å². The Morgan fingerprint density at radius 2 is 1.24 bits per heavy atom. The number of esters is 1. The van der Waals surface area contributed by atoms with Crippen LogP contribution in [-0.4, -0.2) is 29.3 Å². The molecule has 0 N–H and O–H groups in total. The first-order valence-electron chi connectivity index (χ1n) is 4.50. The minimum Gasteiger partial charge on any atom is -0.455 e. The number of alkyl halides is 6. The standard InChI is InChI=1S/C9H12F6O2/c1-6(2,3)17-5(16)8(12,13)9(14,15)7(4,10)11/h1-4H3. The van der Waals surface area contributed by atoms with Crippen LogP contribution >= 0.6 is 0 Å². The summed E-state index contributed by atoms with van der Waals surface area (Å²) in [6.45, 7) is 3.03. The molecule has 0 heterocycles. The highest BCUT2D eigenvalue weighted by Gasteiger charge is 2.74. The molecule has 0 spiro atoms. The number of carbonyl (C=O) groups is 1. The van der Waals surface area contributed by atoms with Crippen molar-refractivity contribution in [1.29, 1.82) is 0 Å². The van der Waals surface area contributed by atoms with Crippen molar-refractivity contribution < 1.29 is 35.9 Å². The summed E-state index contributed by atoms with van der Waals surface area (Å²) in [4.78, 5) is 10.8. The van der Waals surface area contributed by atoms with Crippen LogP contribution in [0.5, 0.6) is 0 Å². The molecule has 0 aliphatic rings. The Labute approximate surface area is 93.9 Å². The molecule has 0 fully saturated rings.